The largest absolute Gasteiger partial charge is 0.490 e. The van der Waals surface area contributed by atoms with E-state index in [2.05, 4.69) is 0 Å². The number of primary amides is 1. The quantitative estimate of drug-likeness (QED) is 0.344. The van der Waals surface area contributed by atoms with Crippen molar-refractivity contribution in [3.8, 4) is 0 Å². The molecule has 0 atom stereocenters. The zero-order valence-corrected chi connectivity index (χ0v) is 21.9. The van der Waals surface area contributed by atoms with Crippen LogP contribution in [0.3, 0.4) is 0 Å². The summed E-state index contributed by atoms with van der Waals surface area (Å²) in [4.78, 5) is 44.6. The molecule has 12 heteroatoms. The van der Waals surface area contributed by atoms with E-state index < -0.39 is 24.7 Å². The molecule has 0 fully saturated rings. The molecule has 0 aromatic heterocycles. The van der Waals surface area contributed by atoms with Gasteiger partial charge in [-0.25, -0.2) is 4.79 Å². The number of aryl methyl sites for hydroxylation is 2. The highest BCUT2D eigenvalue weighted by Crippen LogP contribution is 2.22. The molecule has 1 aliphatic carbocycles. The molecule has 3 aromatic rings. The van der Waals surface area contributed by atoms with Crippen LogP contribution in [-0.4, -0.2) is 46.7 Å². The van der Waals surface area contributed by atoms with Gasteiger partial charge in [-0.1, -0.05) is 36.4 Å². The molecule has 41 heavy (non-hydrogen) atoms. The van der Waals surface area contributed by atoms with Gasteiger partial charge in [0, 0.05) is 23.4 Å². The first-order valence-corrected chi connectivity index (χ1v) is 12.4. The lowest BCUT2D eigenvalue weighted by atomic mass is 9.90. The molecule has 9 nitrogen and oxygen atoms in total. The molecular formula is C29H30F3N3O6. The van der Waals surface area contributed by atoms with Crippen molar-refractivity contribution in [3.63, 3.8) is 0 Å². The van der Waals surface area contributed by atoms with Crippen LogP contribution in [0.15, 0.2) is 72.8 Å². The minimum atomic E-state index is -5.08. The number of nitrogens with two attached hydrogens (primary N) is 2. The molecule has 0 spiro atoms. The van der Waals surface area contributed by atoms with E-state index in [1.165, 1.54) is 28.9 Å². The van der Waals surface area contributed by atoms with Gasteiger partial charge in [0.1, 0.15) is 6.54 Å². The van der Waals surface area contributed by atoms with E-state index in [4.69, 9.17) is 26.5 Å². The third-order valence-electron chi connectivity index (χ3n) is 5.89. The van der Waals surface area contributed by atoms with Gasteiger partial charge in [0.2, 0.25) is 5.91 Å². The fraction of sp³-hybridized carbons (Fsp3) is 0.241. The second kappa shape index (κ2) is 15.2. The molecule has 218 valence electrons. The number of halogens is 3. The van der Waals surface area contributed by atoms with E-state index in [9.17, 15) is 27.6 Å². The minimum Gasteiger partial charge on any atom is -0.480 e. The van der Waals surface area contributed by atoms with E-state index in [1.807, 2.05) is 24.3 Å². The summed E-state index contributed by atoms with van der Waals surface area (Å²) in [6.45, 7) is -0.0734. The van der Waals surface area contributed by atoms with Gasteiger partial charge in [-0.2, -0.15) is 13.2 Å². The van der Waals surface area contributed by atoms with Crippen LogP contribution in [0, 0.1) is 0 Å². The number of hydrogen-bond acceptors (Lipinski definition) is 5. The normalized spacial score (nSPS) is 11.9. The lowest BCUT2D eigenvalue weighted by Gasteiger charge is -2.21. The van der Waals surface area contributed by atoms with Crippen molar-refractivity contribution in [2.24, 2.45) is 11.5 Å². The third-order valence-corrected chi connectivity index (χ3v) is 5.89. The number of carboxylic acid groups (broad SMARTS) is 2. The highest BCUT2D eigenvalue weighted by atomic mass is 19.4. The van der Waals surface area contributed by atoms with E-state index in [0.717, 1.165) is 18.4 Å². The Balaban J connectivity index is 0.000000249. The molecule has 3 aromatic carbocycles. The lowest BCUT2D eigenvalue weighted by molar-refractivity contribution is -0.192. The average Bonchev–Trinajstić information content (AvgIpc) is 2.95. The molecule has 4 rings (SSSR count). The number of fused-ring (bicyclic) bond motifs is 1. The second-order valence-electron chi connectivity index (χ2n) is 8.88. The predicted octanol–water partition coefficient (Wildman–Crippen LogP) is 4.17. The van der Waals surface area contributed by atoms with Gasteiger partial charge in [0.15, 0.2) is 0 Å². The number of alkyl halides is 3. The fourth-order valence-electron chi connectivity index (χ4n) is 3.89. The Bertz CT molecular complexity index is 1360. The highest BCUT2D eigenvalue weighted by Gasteiger charge is 2.38. The molecule has 0 saturated heterocycles. The van der Waals surface area contributed by atoms with Gasteiger partial charge >= 0.3 is 18.1 Å². The number of benzene rings is 3. The van der Waals surface area contributed by atoms with E-state index in [1.54, 1.807) is 48.5 Å². The number of carboxylic acids is 2. The van der Waals surface area contributed by atoms with Crippen LogP contribution in [0.5, 0.6) is 0 Å². The van der Waals surface area contributed by atoms with Gasteiger partial charge in [0.25, 0.3) is 5.91 Å². The van der Waals surface area contributed by atoms with Crippen LogP contribution in [0.1, 0.15) is 50.2 Å². The van der Waals surface area contributed by atoms with Crippen molar-refractivity contribution >= 4 is 29.4 Å². The van der Waals surface area contributed by atoms with Gasteiger partial charge in [-0.3, -0.25) is 19.3 Å². The number of carbonyl (C=O) groups excluding carboxylic acids is 2. The van der Waals surface area contributed by atoms with Gasteiger partial charge in [-0.05, 0) is 78.8 Å². The molecule has 6 N–H and O–H groups in total. The summed E-state index contributed by atoms with van der Waals surface area (Å²) in [6.07, 6.45) is -0.344. The molecular weight excluding hydrogens is 543 g/mol. The standard InChI is InChI=1S/C16H16N2O3.C11H13NO.C2HF3O2/c17-10-12-5-4-8-14(9-12)18(11-15(19)20)16(21)13-6-2-1-3-7-13;12-11(13)10-6-5-8-3-1-2-4-9(8)7-10;3-2(4,5)1(6)7/h1-9H,10-11,17H2,(H,19,20);5-7H,1-4H2,(H2,12,13);(H,6,7). The van der Waals surface area contributed by atoms with Crippen LogP contribution in [0.2, 0.25) is 0 Å². The Morgan fingerprint density at radius 2 is 1.41 bits per heavy atom. The summed E-state index contributed by atoms with van der Waals surface area (Å²) in [5, 5.41) is 16.2. The smallest absolute Gasteiger partial charge is 0.480 e. The summed E-state index contributed by atoms with van der Waals surface area (Å²) in [5.41, 5.74) is 15.9. The summed E-state index contributed by atoms with van der Waals surface area (Å²) in [5.74, 6) is -4.51. The van der Waals surface area contributed by atoms with E-state index in [-0.39, 0.29) is 11.8 Å². The second-order valence-corrected chi connectivity index (χ2v) is 8.88. The van der Waals surface area contributed by atoms with Crippen LogP contribution < -0.4 is 16.4 Å². The zero-order valence-electron chi connectivity index (χ0n) is 21.9. The Morgan fingerprint density at radius 1 is 0.805 bits per heavy atom. The number of aliphatic carboxylic acids is 2. The van der Waals surface area contributed by atoms with Crippen LogP contribution in [0.4, 0.5) is 18.9 Å². The van der Waals surface area contributed by atoms with E-state index >= 15 is 0 Å². The number of hydrogen-bond donors (Lipinski definition) is 4. The molecule has 1 aliphatic rings. The number of anilines is 1. The van der Waals surface area contributed by atoms with Gasteiger partial charge < -0.3 is 21.7 Å². The molecule has 2 amide bonds. The molecule has 0 unspecified atom stereocenters. The molecule has 0 heterocycles. The molecule has 0 aliphatic heterocycles. The first kappa shape index (κ1) is 32.5. The predicted molar refractivity (Wildman–Crippen MR) is 145 cm³/mol. The van der Waals surface area contributed by atoms with Crippen LogP contribution in [-0.2, 0) is 29.0 Å². The third kappa shape index (κ3) is 10.4. The Hall–Kier alpha value is -4.71. The number of amides is 2. The average molecular weight is 574 g/mol. The monoisotopic (exact) mass is 573 g/mol. The molecule has 0 saturated carbocycles. The van der Waals surface area contributed by atoms with Crippen molar-refractivity contribution in [2.45, 2.75) is 38.4 Å². The maximum Gasteiger partial charge on any atom is 0.490 e. The number of rotatable bonds is 6. The Kier molecular flexibility index (Phi) is 12.0. The van der Waals surface area contributed by atoms with Crippen LogP contribution >= 0.6 is 0 Å². The number of nitrogens with zero attached hydrogens (tertiary/aromatic N) is 1. The van der Waals surface area contributed by atoms with Crippen LogP contribution in [0.25, 0.3) is 0 Å². The highest BCUT2D eigenvalue weighted by molar-refractivity contribution is 6.08. The SMILES string of the molecule is NC(=O)c1ccc2c(c1)CCCC2.NCc1cccc(N(CC(=O)O)C(=O)c2ccccc2)c1.O=C(O)C(F)(F)F. The van der Waals surface area contributed by atoms with Crippen molar-refractivity contribution < 1.29 is 42.6 Å². The summed E-state index contributed by atoms with van der Waals surface area (Å²) in [6, 6.07) is 21.4. The van der Waals surface area contributed by atoms with Gasteiger partial charge in [-0.15, -0.1) is 0 Å². The van der Waals surface area contributed by atoms with Crippen molar-refractivity contribution in [3.05, 3.63) is 101 Å². The first-order valence-electron chi connectivity index (χ1n) is 12.4. The molecule has 0 radical (unpaired) electrons. The Morgan fingerprint density at radius 3 is 1.95 bits per heavy atom. The molecule has 0 bridgehead atoms. The van der Waals surface area contributed by atoms with Crippen molar-refractivity contribution in [1.82, 2.24) is 0 Å². The minimum absolute atomic E-state index is 0.326. The fourth-order valence-corrected chi connectivity index (χ4v) is 3.89. The van der Waals surface area contributed by atoms with Gasteiger partial charge in [0.05, 0.1) is 0 Å². The zero-order chi connectivity index (χ0) is 30.6. The number of carbonyl (C=O) groups is 4. The van der Waals surface area contributed by atoms with Crippen molar-refractivity contribution in [1.29, 1.82) is 0 Å². The summed E-state index contributed by atoms with van der Waals surface area (Å²) in [7, 11) is 0. The maximum absolute atomic E-state index is 12.5. The van der Waals surface area contributed by atoms with Crippen molar-refractivity contribution in [2.75, 3.05) is 11.4 Å². The first-order chi connectivity index (χ1) is 19.3. The summed E-state index contributed by atoms with van der Waals surface area (Å²) >= 11 is 0. The van der Waals surface area contributed by atoms with E-state index in [0.29, 0.717) is 23.4 Å². The Labute approximate surface area is 234 Å². The summed E-state index contributed by atoms with van der Waals surface area (Å²) < 4.78 is 31.7. The lowest BCUT2D eigenvalue weighted by Crippen LogP contribution is -2.35. The maximum atomic E-state index is 12.5. The topological polar surface area (TPSA) is 164 Å².